The Kier molecular flexibility index (Phi) is 2.09. The summed E-state index contributed by atoms with van der Waals surface area (Å²) in [4.78, 5) is 0. The van der Waals surface area contributed by atoms with E-state index < -0.39 is 12.2 Å². The van der Waals surface area contributed by atoms with E-state index >= 15 is 0 Å². The van der Waals surface area contributed by atoms with E-state index in [2.05, 4.69) is 0 Å². The van der Waals surface area contributed by atoms with Crippen LogP contribution in [0.15, 0.2) is 12.1 Å². The van der Waals surface area contributed by atoms with Gasteiger partial charge in [-0.25, -0.2) is 0 Å². The fourth-order valence-corrected chi connectivity index (χ4v) is 1.84. The standard InChI is InChI=1S/C10H12O4/c11-6-3-1-5-2-4-7(12)10(14)8(5)9(6)13/h1,3,7,10-14H,2,4H2/t7-,10+/m0/s1. The van der Waals surface area contributed by atoms with E-state index in [9.17, 15) is 20.4 Å². The Morgan fingerprint density at radius 2 is 1.86 bits per heavy atom. The zero-order valence-electron chi connectivity index (χ0n) is 7.51. The maximum atomic E-state index is 9.61. The second kappa shape index (κ2) is 3.15. The number of benzene rings is 1. The summed E-state index contributed by atoms with van der Waals surface area (Å²) in [6, 6.07) is 3.04. The van der Waals surface area contributed by atoms with Crippen molar-refractivity contribution in [2.75, 3.05) is 0 Å². The molecule has 0 amide bonds. The molecule has 0 bridgehead atoms. The lowest BCUT2D eigenvalue weighted by Crippen LogP contribution is -2.24. The van der Waals surface area contributed by atoms with Crippen molar-refractivity contribution in [1.82, 2.24) is 0 Å². The highest BCUT2D eigenvalue weighted by atomic mass is 16.3. The maximum Gasteiger partial charge on any atom is 0.163 e. The van der Waals surface area contributed by atoms with Crippen molar-refractivity contribution in [3.8, 4) is 11.5 Å². The van der Waals surface area contributed by atoms with Crippen LogP contribution >= 0.6 is 0 Å². The molecule has 2 rings (SSSR count). The van der Waals surface area contributed by atoms with E-state index in [4.69, 9.17) is 0 Å². The molecular formula is C10H12O4. The molecule has 0 fully saturated rings. The van der Waals surface area contributed by atoms with Crippen LogP contribution in [0.4, 0.5) is 0 Å². The van der Waals surface area contributed by atoms with Gasteiger partial charge in [-0.05, 0) is 24.5 Å². The van der Waals surface area contributed by atoms with Gasteiger partial charge in [-0.15, -0.1) is 0 Å². The van der Waals surface area contributed by atoms with Gasteiger partial charge in [0.05, 0.1) is 6.10 Å². The molecule has 1 aromatic carbocycles. The van der Waals surface area contributed by atoms with Gasteiger partial charge >= 0.3 is 0 Å². The number of phenolic OH excluding ortho intramolecular Hbond substituents is 2. The van der Waals surface area contributed by atoms with Crippen molar-refractivity contribution in [2.24, 2.45) is 0 Å². The zero-order chi connectivity index (χ0) is 10.3. The molecule has 14 heavy (non-hydrogen) atoms. The molecule has 1 aliphatic carbocycles. The minimum atomic E-state index is -1.11. The minimum Gasteiger partial charge on any atom is -0.504 e. The molecular weight excluding hydrogens is 184 g/mol. The van der Waals surface area contributed by atoms with Crippen molar-refractivity contribution in [3.63, 3.8) is 0 Å². The van der Waals surface area contributed by atoms with Gasteiger partial charge < -0.3 is 20.4 Å². The smallest absolute Gasteiger partial charge is 0.163 e. The fraction of sp³-hybridized carbons (Fsp3) is 0.400. The fourth-order valence-electron chi connectivity index (χ4n) is 1.84. The number of fused-ring (bicyclic) bond motifs is 1. The van der Waals surface area contributed by atoms with Crippen molar-refractivity contribution < 1.29 is 20.4 Å². The van der Waals surface area contributed by atoms with Gasteiger partial charge in [0.25, 0.3) is 0 Å². The summed E-state index contributed by atoms with van der Waals surface area (Å²) in [6.07, 6.45) is -0.902. The molecule has 4 heteroatoms. The van der Waals surface area contributed by atoms with Gasteiger partial charge in [-0.2, -0.15) is 0 Å². The van der Waals surface area contributed by atoms with Crippen molar-refractivity contribution in [2.45, 2.75) is 25.0 Å². The highest BCUT2D eigenvalue weighted by Crippen LogP contribution is 2.40. The lowest BCUT2D eigenvalue weighted by molar-refractivity contribution is 0.00487. The summed E-state index contributed by atoms with van der Waals surface area (Å²) in [5, 5.41) is 37.8. The molecule has 2 atom stereocenters. The third kappa shape index (κ3) is 1.23. The van der Waals surface area contributed by atoms with E-state index in [0.717, 1.165) is 5.56 Å². The lowest BCUT2D eigenvalue weighted by atomic mass is 9.86. The summed E-state index contributed by atoms with van der Waals surface area (Å²) in [6.45, 7) is 0. The quantitative estimate of drug-likeness (QED) is 0.454. The van der Waals surface area contributed by atoms with Crippen molar-refractivity contribution >= 4 is 0 Å². The number of aliphatic hydroxyl groups is 2. The Morgan fingerprint density at radius 1 is 1.14 bits per heavy atom. The van der Waals surface area contributed by atoms with Crippen LogP contribution in [0.2, 0.25) is 0 Å². The molecule has 4 nitrogen and oxygen atoms in total. The van der Waals surface area contributed by atoms with E-state index in [1.54, 1.807) is 6.07 Å². The molecule has 0 aliphatic heterocycles. The van der Waals surface area contributed by atoms with Crippen molar-refractivity contribution in [3.05, 3.63) is 23.3 Å². The Morgan fingerprint density at radius 3 is 2.57 bits per heavy atom. The molecule has 1 aromatic rings. The van der Waals surface area contributed by atoms with E-state index in [0.29, 0.717) is 12.8 Å². The highest BCUT2D eigenvalue weighted by Gasteiger charge is 2.29. The number of aromatic hydroxyl groups is 2. The summed E-state index contributed by atoms with van der Waals surface area (Å²) in [7, 11) is 0. The number of hydrogen-bond acceptors (Lipinski definition) is 4. The normalized spacial score (nSPS) is 25.9. The lowest BCUT2D eigenvalue weighted by Gasteiger charge is -2.27. The SMILES string of the molecule is Oc1ccc2c(c1O)[C@H](O)[C@@H](O)CC2. The summed E-state index contributed by atoms with van der Waals surface area (Å²) < 4.78 is 0. The molecule has 76 valence electrons. The minimum absolute atomic E-state index is 0.253. The highest BCUT2D eigenvalue weighted by molar-refractivity contribution is 5.51. The van der Waals surface area contributed by atoms with Crippen molar-refractivity contribution in [1.29, 1.82) is 0 Å². The van der Waals surface area contributed by atoms with Crippen LogP contribution in [0.3, 0.4) is 0 Å². The van der Waals surface area contributed by atoms with Crippen LogP contribution in [0.25, 0.3) is 0 Å². The van der Waals surface area contributed by atoms with Gasteiger partial charge in [-0.3, -0.25) is 0 Å². The Labute approximate surface area is 81.1 Å². The average molecular weight is 196 g/mol. The van der Waals surface area contributed by atoms with Crippen LogP contribution in [-0.4, -0.2) is 26.5 Å². The first-order valence-electron chi connectivity index (χ1n) is 4.51. The summed E-state index contributed by atoms with van der Waals surface area (Å²) in [5.41, 5.74) is 1.03. The third-order valence-corrected chi connectivity index (χ3v) is 2.66. The van der Waals surface area contributed by atoms with Gasteiger partial charge in [0.15, 0.2) is 11.5 Å². The number of hydrogen-bond donors (Lipinski definition) is 4. The first-order valence-corrected chi connectivity index (χ1v) is 4.51. The number of rotatable bonds is 0. The second-order valence-corrected chi connectivity index (χ2v) is 3.56. The number of aliphatic hydroxyl groups excluding tert-OH is 2. The molecule has 4 N–H and O–H groups in total. The molecule has 0 unspecified atom stereocenters. The Hall–Kier alpha value is -1.26. The molecule has 0 aromatic heterocycles. The number of phenols is 2. The molecule has 1 aliphatic rings. The van der Waals surface area contributed by atoms with E-state index in [1.807, 2.05) is 0 Å². The van der Waals surface area contributed by atoms with Crippen LogP contribution in [0.1, 0.15) is 23.7 Å². The largest absolute Gasteiger partial charge is 0.504 e. The van der Waals surface area contributed by atoms with Gasteiger partial charge in [-0.1, -0.05) is 6.07 Å². The van der Waals surface area contributed by atoms with Crippen LogP contribution < -0.4 is 0 Å². The monoisotopic (exact) mass is 196 g/mol. The van der Waals surface area contributed by atoms with E-state index in [-0.39, 0.29) is 17.1 Å². The Balaban J connectivity index is 2.56. The first-order chi connectivity index (χ1) is 6.61. The van der Waals surface area contributed by atoms with Crippen LogP contribution in [0, 0.1) is 0 Å². The average Bonchev–Trinajstić information content (AvgIpc) is 2.17. The van der Waals surface area contributed by atoms with Crippen LogP contribution in [0.5, 0.6) is 11.5 Å². The van der Waals surface area contributed by atoms with E-state index in [1.165, 1.54) is 6.07 Å². The van der Waals surface area contributed by atoms with Gasteiger partial charge in [0, 0.05) is 5.56 Å². The zero-order valence-corrected chi connectivity index (χ0v) is 7.51. The molecule has 0 radical (unpaired) electrons. The predicted octanol–water partition coefficient (Wildman–Crippen LogP) is 0.438. The molecule has 0 heterocycles. The molecule has 0 spiro atoms. The summed E-state index contributed by atoms with van der Waals surface area (Å²) >= 11 is 0. The predicted molar refractivity (Wildman–Crippen MR) is 49.1 cm³/mol. The topological polar surface area (TPSA) is 80.9 Å². The molecule has 0 saturated carbocycles. The first kappa shape index (κ1) is 9.30. The molecule has 0 saturated heterocycles. The second-order valence-electron chi connectivity index (χ2n) is 3.56. The Bertz CT molecular complexity index is 361. The summed E-state index contributed by atoms with van der Waals surface area (Å²) in [5.74, 6) is -0.592. The van der Waals surface area contributed by atoms with Crippen LogP contribution in [-0.2, 0) is 6.42 Å². The maximum absolute atomic E-state index is 9.61. The van der Waals surface area contributed by atoms with Gasteiger partial charge in [0.1, 0.15) is 6.10 Å². The third-order valence-electron chi connectivity index (χ3n) is 2.66. The number of aryl methyl sites for hydroxylation is 1. The van der Waals surface area contributed by atoms with Gasteiger partial charge in [0.2, 0.25) is 0 Å².